The van der Waals surface area contributed by atoms with Crippen molar-refractivity contribution in [1.29, 1.82) is 0 Å². The number of hydrogen-bond acceptors (Lipinski definition) is 5. The number of carbonyl (C=O) groups excluding carboxylic acids is 1. The molecule has 2 aliphatic rings. The van der Waals surface area contributed by atoms with Crippen LogP contribution in [0.1, 0.15) is 84.0 Å². The van der Waals surface area contributed by atoms with Crippen LogP contribution >= 0.6 is 0 Å². The number of hydrogen-bond donors (Lipinski definition) is 1. The molecule has 0 bridgehead atoms. The number of likely N-dealkylation sites (tertiary alicyclic amines) is 2. The van der Waals surface area contributed by atoms with E-state index >= 15 is 0 Å². The summed E-state index contributed by atoms with van der Waals surface area (Å²) in [6, 6.07) is 7.68. The summed E-state index contributed by atoms with van der Waals surface area (Å²) in [4.78, 5) is 17.8. The molecule has 0 spiro atoms. The molecule has 1 aromatic carbocycles. The molecule has 1 N–H and O–H groups in total. The number of anilines is 1. The first-order valence-corrected chi connectivity index (χ1v) is 13.9. The Balaban J connectivity index is 1.49. The van der Waals surface area contributed by atoms with Crippen LogP contribution in [0.3, 0.4) is 0 Å². The molecule has 34 heavy (non-hydrogen) atoms. The third-order valence-corrected chi connectivity index (χ3v) is 6.97. The second kappa shape index (κ2) is 16.0. The standard InChI is InChI=1S/C28H47N3O3/c1-2-3-4-5-6-15-22-33-27-17-10-9-16-26(27)29-28(32)34-25(23-30-18-11-7-12-19-30)24-31-20-13-8-14-21-31/h9-10,16-17,25H,2-8,11-15,18-24H2,1H3,(H,29,32). The highest BCUT2D eigenvalue weighted by Gasteiger charge is 2.24. The van der Waals surface area contributed by atoms with Crippen molar-refractivity contribution < 1.29 is 14.3 Å². The fraction of sp³-hybridized carbons (Fsp3) is 0.750. The number of nitrogens with zero attached hydrogens (tertiary/aromatic N) is 2. The maximum absolute atomic E-state index is 12.9. The summed E-state index contributed by atoms with van der Waals surface area (Å²) in [7, 11) is 0. The van der Waals surface area contributed by atoms with E-state index in [2.05, 4.69) is 22.0 Å². The van der Waals surface area contributed by atoms with E-state index in [-0.39, 0.29) is 12.2 Å². The molecule has 2 saturated heterocycles. The molecule has 0 saturated carbocycles. The summed E-state index contributed by atoms with van der Waals surface area (Å²) in [5.41, 5.74) is 0.688. The molecule has 0 aliphatic carbocycles. The molecule has 192 valence electrons. The van der Waals surface area contributed by atoms with Crippen LogP contribution in [0.2, 0.25) is 0 Å². The first-order valence-electron chi connectivity index (χ1n) is 13.9. The molecule has 0 unspecified atom stereocenters. The molecule has 0 radical (unpaired) electrons. The van der Waals surface area contributed by atoms with E-state index in [0.29, 0.717) is 12.3 Å². The molecule has 2 fully saturated rings. The summed E-state index contributed by atoms with van der Waals surface area (Å²) in [6.07, 6.45) is 14.5. The summed E-state index contributed by atoms with van der Waals surface area (Å²) in [5.74, 6) is 0.719. The molecular formula is C28H47N3O3. The van der Waals surface area contributed by atoms with Crippen molar-refractivity contribution in [2.24, 2.45) is 0 Å². The summed E-state index contributed by atoms with van der Waals surface area (Å²) >= 11 is 0. The Morgan fingerprint density at radius 2 is 1.44 bits per heavy atom. The van der Waals surface area contributed by atoms with E-state index in [1.807, 2.05) is 24.3 Å². The van der Waals surface area contributed by atoms with E-state index < -0.39 is 0 Å². The third kappa shape index (κ3) is 10.2. The van der Waals surface area contributed by atoms with Crippen molar-refractivity contribution in [2.45, 2.75) is 90.1 Å². The van der Waals surface area contributed by atoms with E-state index in [1.165, 1.54) is 70.6 Å². The van der Waals surface area contributed by atoms with Gasteiger partial charge in [0.25, 0.3) is 0 Å². The van der Waals surface area contributed by atoms with Gasteiger partial charge in [-0.05, 0) is 70.4 Å². The molecule has 1 amide bonds. The van der Waals surface area contributed by atoms with Gasteiger partial charge < -0.3 is 9.47 Å². The van der Waals surface area contributed by atoms with Gasteiger partial charge in [0.1, 0.15) is 11.9 Å². The van der Waals surface area contributed by atoms with Crippen LogP contribution in [-0.4, -0.2) is 67.9 Å². The van der Waals surface area contributed by atoms with E-state index in [0.717, 1.165) is 51.4 Å². The number of ether oxygens (including phenoxy) is 2. The fourth-order valence-corrected chi connectivity index (χ4v) is 5.04. The number of amides is 1. The average molecular weight is 474 g/mol. The maximum Gasteiger partial charge on any atom is 0.412 e. The van der Waals surface area contributed by atoms with Gasteiger partial charge in [-0.1, -0.05) is 64.0 Å². The molecule has 1 aromatic rings. The zero-order valence-corrected chi connectivity index (χ0v) is 21.4. The van der Waals surface area contributed by atoms with Gasteiger partial charge in [-0.25, -0.2) is 4.79 Å². The Hall–Kier alpha value is -1.79. The predicted octanol–water partition coefficient (Wildman–Crippen LogP) is 6.31. The Labute approximate surface area is 207 Å². The summed E-state index contributed by atoms with van der Waals surface area (Å²) < 4.78 is 12.0. The molecule has 2 aliphatic heterocycles. The molecule has 6 heteroatoms. The Bertz CT molecular complexity index is 667. The summed E-state index contributed by atoms with van der Waals surface area (Å²) in [5, 5.41) is 2.96. The van der Waals surface area contributed by atoms with Crippen LogP contribution in [0.4, 0.5) is 10.5 Å². The van der Waals surface area contributed by atoms with E-state index in [1.54, 1.807) is 0 Å². The monoisotopic (exact) mass is 473 g/mol. The van der Waals surface area contributed by atoms with Crippen LogP contribution < -0.4 is 10.1 Å². The molecule has 0 atom stereocenters. The number of benzene rings is 1. The molecule has 6 nitrogen and oxygen atoms in total. The molecule has 3 rings (SSSR count). The lowest BCUT2D eigenvalue weighted by atomic mass is 10.1. The molecule has 0 aromatic heterocycles. The quantitative estimate of drug-likeness (QED) is 0.321. The minimum atomic E-state index is -0.380. The zero-order chi connectivity index (χ0) is 23.8. The van der Waals surface area contributed by atoms with Crippen LogP contribution in [0.15, 0.2) is 24.3 Å². The number of para-hydroxylation sites is 2. The van der Waals surface area contributed by atoms with Gasteiger partial charge in [-0.15, -0.1) is 0 Å². The van der Waals surface area contributed by atoms with Crippen molar-refractivity contribution >= 4 is 11.8 Å². The lowest BCUT2D eigenvalue weighted by molar-refractivity contribution is 0.0438. The van der Waals surface area contributed by atoms with Gasteiger partial charge in [-0.3, -0.25) is 15.1 Å². The lowest BCUT2D eigenvalue weighted by Crippen LogP contribution is -2.46. The van der Waals surface area contributed by atoms with Crippen LogP contribution in [0.25, 0.3) is 0 Å². The van der Waals surface area contributed by atoms with Gasteiger partial charge in [0.05, 0.1) is 12.3 Å². The van der Waals surface area contributed by atoms with Gasteiger partial charge in [-0.2, -0.15) is 0 Å². The van der Waals surface area contributed by atoms with Crippen LogP contribution in [0.5, 0.6) is 5.75 Å². The normalized spacial score (nSPS) is 17.6. The smallest absolute Gasteiger partial charge is 0.412 e. The van der Waals surface area contributed by atoms with Crippen molar-refractivity contribution in [3.63, 3.8) is 0 Å². The van der Waals surface area contributed by atoms with Gasteiger partial charge in [0.2, 0.25) is 0 Å². The number of unbranched alkanes of at least 4 members (excludes halogenated alkanes) is 5. The Kier molecular flexibility index (Phi) is 12.6. The summed E-state index contributed by atoms with van der Waals surface area (Å²) in [6.45, 7) is 8.98. The number of rotatable bonds is 14. The predicted molar refractivity (Wildman–Crippen MR) is 140 cm³/mol. The first-order chi connectivity index (χ1) is 16.7. The highest BCUT2D eigenvalue weighted by atomic mass is 16.6. The van der Waals surface area contributed by atoms with Crippen LogP contribution in [-0.2, 0) is 4.74 Å². The minimum absolute atomic E-state index is 0.118. The highest BCUT2D eigenvalue weighted by Crippen LogP contribution is 2.25. The van der Waals surface area contributed by atoms with Gasteiger partial charge in [0.15, 0.2) is 0 Å². The highest BCUT2D eigenvalue weighted by molar-refractivity contribution is 5.86. The van der Waals surface area contributed by atoms with Crippen molar-refractivity contribution in [3.05, 3.63) is 24.3 Å². The van der Waals surface area contributed by atoms with Crippen molar-refractivity contribution in [1.82, 2.24) is 9.80 Å². The second-order valence-electron chi connectivity index (χ2n) is 9.99. The number of carbonyl (C=O) groups is 1. The Morgan fingerprint density at radius 3 is 2.09 bits per heavy atom. The average Bonchev–Trinajstić information content (AvgIpc) is 2.85. The first kappa shape index (κ1) is 26.8. The van der Waals surface area contributed by atoms with Gasteiger partial charge in [0, 0.05) is 13.1 Å². The fourth-order valence-electron chi connectivity index (χ4n) is 5.04. The largest absolute Gasteiger partial charge is 0.491 e. The zero-order valence-electron chi connectivity index (χ0n) is 21.4. The lowest BCUT2D eigenvalue weighted by Gasteiger charge is -2.34. The topological polar surface area (TPSA) is 54.0 Å². The Morgan fingerprint density at radius 1 is 0.853 bits per heavy atom. The second-order valence-corrected chi connectivity index (χ2v) is 9.99. The molecular weight excluding hydrogens is 426 g/mol. The third-order valence-electron chi connectivity index (χ3n) is 6.97. The van der Waals surface area contributed by atoms with E-state index in [9.17, 15) is 4.79 Å². The number of piperidine rings is 2. The van der Waals surface area contributed by atoms with Crippen molar-refractivity contribution in [3.8, 4) is 5.75 Å². The molecule has 2 heterocycles. The maximum atomic E-state index is 12.9. The van der Waals surface area contributed by atoms with Crippen molar-refractivity contribution in [2.75, 3.05) is 51.2 Å². The number of nitrogens with one attached hydrogen (secondary N) is 1. The van der Waals surface area contributed by atoms with E-state index in [4.69, 9.17) is 9.47 Å². The SMILES string of the molecule is CCCCCCCCOc1ccccc1NC(=O)OC(CN1CCCCC1)CN1CCCCC1. The van der Waals surface area contributed by atoms with Gasteiger partial charge >= 0.3 is 6.09 Å². The minimum Gasteiger partial charge on any atom is -0.491 e. The van der Waals surface area contributed by atoms with Crippen LogP contribution in [0, 0.1) is 0 Å².